The quantitative estimate of drug-likeness (QED) is 0.725. The lowest BCUT2D eigenvalue weighted by Crippen LogP contribution is -2.09. The molecule has 0 spiro atoms. The third kappa shape index (κ3) is 3.33. The topological polar surface area (TPSA) is 21.3 Å². The number of methoxy groups -OCH3 is 1. The summed E-state index contributed by atoms with van der Waals surface area (Å²) in [7, 11) is 1.52. The van der Waals surface area contributed by atoms with E-state index in [0.717, 1.165) is 14.6 Å². The van der Waals surface area contributed by atoms with E-state index in [0.29, 0.717) is 11.3 Å². The van der Waals surface area contributed by atoms with Crippen LogP contribution in [0.4, 0.5) is 10.1 Å². The van der Waals surface area contributed by atoms with Gasteiger partial charge in [-0.05, 0) is 57.0 Å². The fourth-order valence-corrected chi connectivity index (χ4v) is 3.14. The summed E-state index contributed by atoms with van der Waals surface area (Å²) in [5.74, 6) is 0.230. The van der Waals surface area contributed by atoms with Crippen molar-refractivity contribution in [1.29, 1.82) is 0 Å². The second-order valence-electron chi connectivity index (χ2n) is 4.35. The highest BCUT2D eigenvalue weighted by molar-refractivity contribution is 9.11. The smallest absolute Gasteiger partial charge is 0.132 e. The van der Waals surface area contributed by atoms with E-state index in [1.165, 1.54) is 13.2 Å². The lowest BCUT2D eigenvalue weighted by Gasteiger charge is -2.19. The average molecular weight is 403 g/mol. The van der Waals surface area contributed by atoms with E-state index in [1.807, 2.05) is 25.1 Å². The van der Waals surface area contributed by atoms with Gasteiger partial charge in [-0.2, -0.15) is 0 Å². The molecule has 1 unspecified atom stereocenters. The first kappa shape index (κ1) is 15.3. The number of benzene rings is 2. The highest BCUT2D eigenvalue weighted by atomic mass is 79.9. The maximum Gasteiger partial charge on any atom is 0.132 e. The molecule has 0 aliphatic heterocycles. The maximum absolute atomic E-state index is 14.0. The summed E-state index contributed by atoms with van der Waals surface area (Å²) in [6, 6.07) is 10.5. The zero-order valence-corrected chi connectivity index (χ0v) is 14.3. The van der Waals surface area contributed by atoms with Crippen molar-refractivity contribution in [2.75, 3.05) is 12.4 Å². The van der Waals surface area contributed by atoms with Gasteiger partial charge in [0.15, 0.2) is 0 Å². The molecule has 106 valence electrons. The summed E-state index contributed by atoms with van der Waals surface area (Å²) in [5.41, 5.74) is 1.49. The van der Waals surface area contributed by atoms with Crippen LogP contribution in [0, 0.1) is 5.82 Å². The summed E-state index contributed by atoms with van der Waals surface area (Å²) >= 11 is 6.97. The fraction of sp³-hybridized carbons (Fsp3) is 0.200. The molecule has 1 N–H and O–H groups in total. The maximum atomic E-state index is 14.0. The molecule has 0 saturated heterocycles. The van der Waals surface area contributed by atoms with Crippen LogP contribution in [0.25, 0.3) is 0 Å². The molecule has 20 heavy (non-hydrogen) atoms. The van der Waals surface area contributed by atoms with Gasteiger partial charge in [0.2, 0.25) is 0 Å². The molecule has 2 nitrogen and oxygen atoms in total. The van der Waals surface area contributed by atoms with Gasteiger partial charge >= 0.3 is 0 Å². The molecule has 0 radical (unpaired) electrons. The Bertz CT molecular complexity index is 599. The molecular formula is C15H14Br2FNO. The minimum atomic E-state index is -0.285. The number of nitrogens with one attached hydrogen (secondary N) is 1. The van der Waals surface area contributed by atoms with E-state index in [2.05, 4.69) is 37.2 Å². The van der Waals surface area contributed by atoms with Crippen molar-refractivity contribution in [3.63, 3.8) is 0 Å². The number of ether oxygens (including phenoxy) is 1. The molecule has 0 aromatic heterocycles. The lowest BCUT2D eigenvalue weighted by molar-refractivity contribution is 0.410. The van der Waals surface area contributed by atoms with Crippen molar-refractivity contribution in [2.45, 2.75) is 13.0 Å². The second-order valence-corrected chi connectivity index (χ2v) is 6.06. The molecule has 0 aliphatic rings. The number of rotatable bonds is 4. The van der Waals surface area contributed by atoms with Crippen molar-refractivity contribution in [3.8, 4) is 5.75 Å². The fourth-order valence-electron chi connectivity index (χ4n) is 1.92. The van der Waals surface area contributed by atoms with E-state index in [1.54, 1.807) is 12.1 Å². The SMILES string of the molecule is COc1ccc(C(C)Nc2c(Br)cccc2Br)c(F)c1. The summed E-state index contributed by atoms with van der Waals surface area (Å²) < 4.78 is 20.9. The number of hydrogen-bond acceptors (Lipinski definition) is 2. The van der Waals surface area contributed by atoms with Crippen molar-refractivity contribution in [1.82, 2.24) is 0 Å². The predicted octanol–water partition coefficient (Wildman–Crippen LogP) is 5.53. The van der Waals surface area contributed by atoms with Crippen LogP contribution in [0.5, 0.6) is 5.75 Å². The molecule has 0 fully saturated rings. The molecule has 0 aliphatic carbocycles. The molecule has 0 bridgehead atoms. The average Bonchev–Trinajstić information content (AvgIpc) is 2.42. The number of para-hydroxylation sites is 1. The Hall–Kier alpha value is -1.07. The van der Waals surface area contributed by atoms with Gasteiger partial charge in [0.1, 0.15) is 11.6 Å². The number of anilines is 1. The minimum Gasteiger partial charge on any atom is -0.497 e. The Balaban J connectivity index is 2.26. The molecule has 0 amide bonds. The molecule has 1 atom stereocenters. The predicted molar refractivity (Wildman–Crippen MR) is 86.8 cm³/mol. The van der Waals surface area contributed by atoms with E-state index in [4.69, 9.17) is 4.74 Å². The highest BCUT2D eigenvalue weighted by Crippen LogP contribution is 2.34. The van der Waals surface area contributed by atoms with Gasteiger partial charge in [-0.25, -0.2) is 4.39 Å². The molecule has 2 aromatic carbocycles. The van der Waals surface area contributed by atoms with Gasteiger partial charge in [0.05, 0.1) is 18.8 Å². The van der Waals surface area contributed by atoms with Crippen molar-refractivity contribution in [3.05, 3.63) is 56.7 Å². The molecule has 5 heteroatoms. The second kappa shape index (κ2) is 6.59. The normalized spacial score (nSPS) is 12.1. The van der Waals surface area contributed by atoms with E-state index >= 15 is 0 Å². The summed E-state index contributed by atoms with van der Waals surface area (Å²) in [5, 5.41) is 3.30. The van der Waals surface area contributed by atoms with Crippen LogP contribution in [0.2, 0.25) is 0 Å². The largest absolute Gasteiger partial charge is 0.497 e. The zero-order chi connectivity index (χ0) is 14.7. The third-order valence-corrected chi connectivity index (χ3v) is 4.32. The molecular weight excluding hydrogens is 389 g/mol. The molecule has 0 saturated carbocycles. The van der Waals surface area contributed by atoms with Crippen LogP contribution in [-0.4, -0.2) is 7.11 Å². The van der Waals surface area contributed by atoms with Gasteiger partial charge in [-0.1, -0.05) is 12.1 Å². The van der Waals surface area contributed by atoms with E-state index in [-0.39, 0.29) is 11.9 Å². The summed E-state index contributed by atoms with van der Waals surface area (Å²) in [6.07, 6.45) is 0. The minimum absolute atomic E-state index is 0.170. The standard InChI is InChI=1S/C15H14Br2FNO/c1-9(11-7-6-10(20-2)8-14(11)18)19-15-12(16)4-3-5-13(15)17/h3-9,19H,1-2H3. The third-order valence-electron chi connectivity index (χ3n) is 3.00. The lowest BCUT2D eigenvalue weighted by atomic mass is 10.1. The van der Waals surface area contributed by atoms with Crippen molar-refractivity contribution in [2.24, 2.45) is 0 Å². The van der Waals surface area contributed by atoms with Crippen LogP contribution in [0.15, 0.2) is 45.3 Å². The first-order chi connectivity index (χ1) is 9.52. The van der Waals surface area contributed by atoms with Gasteiger partial charge in [0, 0.05) is 20.6 Å². The molecule has 0 heterocycles. The highest BCUT2D eigenvalue weighted by Gasteiger charge is 2.14. The van der Waals surface area contributed by atoms with Gasteiger partial charge < -0.3 is 10.1 Å². The van der Waals surface area contributed by atoms with Crippen LogP contribution in [-0.2, 0) is 0 Å². The van der Waals surface area contributed by atoms with E-state index < -0.39 is 0 Å². The van der Waals surface area contributed by atoms with Crippen LogP contribution in [0.1, 0.15) is 18.5 Å². The van der Waals surface area contributed by atoms with Crippen LogP contribution in [0.3, 0.4) is 0 Å². The van der Waals surface area contributed by atoms with E-state index in [9.17, 15) is 4.39 Å². The first-order valence-corrected chi connectivity index (χ1v) is 7.65. The van der Waals surface area contributed by atoms with Crippen molar-refractivity contribution < 1.29 is 9.13 Å². The molecule has 2 aromatic rings. The van der Waals surface area contributed by atoms with Gasteiger partial charge in [0.25, 0.3) is 0 Å². The van der Waals surface area contributed by atoms with Crippen LogP contribution >= 0.6 is 31.9 Å². The Morgan fingerprint density at radius 2 is 1.80 bits per heavy atom. The van der Waals surface area contributed by atoms with Gasteiger partial charge in [-0.15, -0.1) is 0 Å². The Labute approximate surface area is 134 Å². The summed E-state index contributed by atoms with van der Waals surface area (Å²) in [6.45, 7) is 1.91. The first-order valence-electron chi connectivity index (χ1n) is 6.07. The molecule has 2 rings (SSSR count). The Kier molecular flexibility index (Phi) is 5.05. The summed E-state index contributed by atoms with van der Waals surface area (Å²) in [4.78, 5) is 0. The van der Waals surface area contributed by atoms with Crippen molar-refractivity contribution >= 4 is 37.5 Å². The van der Waals surface area contributed by atoms with Gasteiger partial charge in [-0.3, -0.25) is 0 Å². The Morgan fingerprint density at radius 3 is 2.35 bits per heavy atom. The Morgan fingerprint density at radius 1 is 1.15 bits per heavy atom. The zero-order valence-electron chi connectivity index (χ0n) is 11.1. The monoisotopic (exact) mass is 401 g/mol. The number of halogens is 3. The van der Waals surface area contributed by atoms with Crippen LogP contribution < -0.4 is 10.1 Å². The number of hydrogen-bond donors (Lipinski definition) is 1.